The fraction of sp³-hybridized carbons (Fsp3) is 0.286. The van der Waals surface area contributed by atoms with Gasteiger partial charge in [-0.05, 0) is 25.0 Å². The van der Waals surface area contributed by atoms with Crippen LogP contribution in [0.1, 0.15) is 23.3 Å². The minimum absolute atomic E-state index is 0.0437. The average molecular weight is 241 g/mol. The summed E-state index contributed by atoms with van der Waals surface area (Å²) in [6, 6.07) is 9.89. The molecular formula is C14H15N3O. The number of benzene rings is 1. The monoisotopic (exact) mass is 241 g/mol. The molecule has 0 bridgehead atoms. The van der Waals surface area contributed by atoms with Crippen molar-refractivity contribution in [3.63, 3.8) is 0 Å². The molecule has 1 aliphatic rings. The number of amides is 1. The molecule has 2 heterocycles. The van der Waals surface area contributed by atoms with Crippen LogP contribution in [0.15, 0.2) is 42.9 Å². The lowest BCUT2D eigenvalue weighted by Gasteiger charge is -2.12. The zero-order valence-corrected chi connectivity index (χ0v) is 10.1. The summed E-state index contributed by atoms with van der Waals surface area (Å²) in [7, 11) is 0. The van der Waals surface area contributed by atoms with Crippen molar-refractivity contribution in [1.29, 1.82) is 0 Å². The molecule has 0 saturated carbocycles. The van der Waals surface area contributed by atoms with Crippen molar-refractivity contribution in [2.24, 2.45) is 0 Å². The van der Waals surface area contributed by atoms with Gasteiger partial charge in [0.25, 0.3) is 5.91 Å². The lowest BCUT2D eigenvalue weighted by Crippen LogP contribution is -2.27. The van der Waals surface area contributed by atoms with Gasteiger partial charge in [-0.2, -0.15) is 0 Å². The van der Waals surface area contributed by atoms with Gasteiger partial charge in [0.15, 0.2) is 0 Å². The summed E-state index contributed by atoms with van der Waals surface area (Å²) in [6.45, 7) is 1.72. The van der Waals surface area contributed by atoms with Crippen molar-refractivity contribution in [1.82, 2.24) is 14.5 Å². The van der Waals surface area contributed by atoms with Crippen LogP contribution in [0.25, 0.3) is 5.69 Å². The molecule has 4 nitrogen and oxygen atoms in total. The van der Waals surface area contributed by atoms with E-state index in [0.29, 0.717) is 5.69 Å². The molecule has 0 atom stereocenters. The van der Waals surface area contributed by atoms with Crippen molar-refractivity contribution in [2.75, 3.05) is 13.1 Å². The van der Waals surface area contributed by atoms with Crippen LogP contribution >= 0.6 is 0 Å². The molecule has 1 aliphatic heterocycles. The first kappa shape index (κ1) is 11.0. The molecule has 1 amide bonds. The molecule has 1 saturated heterocycles. The third kappa shape index (κ3) is 2.01. The molecule has 1 aromatic heterocycles. The van der Waals surface area contributed by atoms with E-state index in [9.17, 15) is 4.79 Å². The maximum Gasteiger partial charge on any atom is 0.274 e. The second-order valence-corrected chi connectivity index (χ2v) is 4.50. The molecule has 0 unspecified atom stereocenters. The predicted octanol–water partition coefficient (Wildman–Crippen LogP) is 2.11. The summed E-state index contributed by atoms with van der Waals surface area (Å²) < 4.78 is 1.88. The summed E-state index contributed by atoms with van der Waals surface area (Å²) in [6.07, 6.45) is 5.70. The van der Waals surface area contributed by atoms with E-state index < -0.39 is 0 Å². The van der Waals surface area contributed by atoms with Gasteiger partial charge in [0.05, 0.1) is 0 Å². The summed E-state index contributed by atoms with van der Waals surface area (Å²) in [5.74, 6) is 0.0437. The smallest absolute Gasteiger partial charge is 0.274 e. The van der Waals surface area contributed by atoms with Gasteiger partial charge in [0.2, 0.25) is 0 Å². The Morgan fingerprint density at radius 3 is 2.56 bits per heavy atom. The Morgan fingerprint density at radius 1 is 1.11 bits per heavy atom. The van der Waals surface area contributed by atoms with Gasteiger partial charge in [-0.15, -0.1) is 0 Å². The number of hydrogen-bond donors (Lipinski definition) is 0. The average Bonchev–Trinajstić information content (AvgIpc) is 3.10. The molecule has 92 valence electrons. The van der Waals surface area contributed by atoms with Crippen LogP contribution in [0, 0.1) is 0 Å². The topological polar surface area (TPSA) is 38.1 Å². The standard InChI is InChI=1S/C14H15N3O/c18-14(16-8-4-5-9-16)13-10-17(11-15-13)12-6-2-1-3-7-12/h1-3,6-7,10-11H,4-5,8-9H2. The number of imidazole rings is 1. The van der Waals surface area contributed by atoms with Crippen molar-refractivity contribution < 1.29 is 4.79 Å². The Balaban J connectivity index is 1.83. The number of para-hydroxylation sites is 1. The van der Waals surface area contributed by atoms with E-state index in [1.165, 1.54) is 0 Å². The fourth-order valence-electron chi connectivity index (χ4n) is 2.26. The molecule has 3 rings (SSSR count). The first-order valence-electron chi connectivity index (χ1n) is 6.23. The maximum atomic E-state index is 12.1. The Hall–Kier alpha value is -2.10. The SMILES string of the molecule is O=C(c1cn(-c2ccccc2)cn1)N1CCCC1. The van der Waals surface area contributed by atoms with Crippen LogP contribution < -0.4 is 0 Å². The van der Waals surface area contributed by atoms with E-state index in [2.05, 4.69) is 4.98 Å². The van der Waals surface area contributed by atoms with E-state index >= 15 is 0 Å². The molecule has 4 heteroatoms. The number of carbonyl (C=O) groups excluding carboxylic acids is 1. The second-order valence-electron chi connectivity index (χ2n) is 4.50. The zero-order valence-electron chi connectivity index (χ0n) is 10.1. The largest absolute Gasteiger partial charge is 0.337 e. The Labute approximate surface area is 106 Å². The van der Waals surface area contributed by atoms with E-state index in [-0.39, 0.29) is 5.91 Å². The first-order chi connectivity index (χ1) is 8.84. The van der Waals surface area contributed by atoms with Crippen molar-refractivity contribution in [3.8, 4) is 5.69 Å². The van der Waals surface area contributed by atoms with Gasteiger partial charge in [-0.1, -0.05) is 18.2 Å². The number of carbonyl (C=O) groups is 1. The number of aromatic nitrogens is 2. The number of likely N-dealkylation sites (tertiary alicyclic amines) is 1. The quantitative estimate of drug-likeness (QED) is 0.807. The van der Waals surface area contributed by atoms with Crippen LogP contribution in [-0.2, 0) is 0 Å². The van der Waals surface area contributed by atoms with Gasteiger partial charge < -0.3 is 9.47 Å². The minimum atomic E-state index is 0.0437. The summed E-state index contributed by atoms with van der Waals surface area (Å²) >= 11 is 0. The molecule has 0 N–H and O–H groups in total. The summed E-state index contributed by atoms with van der Waals surface area (Å²) in [5, 5.41) is 0. The molecule has 1 fully saturated rings. The Bertz CT molecular complexity index is 541. The molecule has 0 radical (unpaired) electrons. The molecule has 2 aromatic rings. The second kappa shape index (κ2) is 4.64. The van der Waals surface area contributed by atoms with E-state index in [1.807, 2.05) is 39.8 Å². The summed E-state index contributed by atoms with van der Waals surface area (Å²) in [4.78, 5) is 18.2. The van der Waals surface area contributed by atoms with Gasteiger partial charge in [-0.25, -0.2) is 4.98 Å². The zero-order chi connectivity index (χ0) is 12.4. The Kier molecular flexibility index (Phi) is 2.84. The predicted molar refractivity (Wildman–Crippen MR) is 68.7 cm³/mol. The lowest BCUT2D eigenvalue weighted by molar-refractivity contribution is 0.0787. The highest BCUT2D eigenvalue weighted by atomic mass is 16.2. The molecule has 0 aliphatic carbocycles. The van der Waals surface area contributed by atoms with Gasteiger partial charge in [0.1, 0.15) is 12.0 Å². The minimum Gasteiger partial charge on any atom is -0.337 e. The van der Waals surface area contributed by atoms with Crippen LogP contribution in [-0.4, -0.2) is 33.4 Å². The molecular weight excluding hydrogens is 226 g/mol. The van der Waals surface area contributed by atoms with E-state index in [0.717, 1.165) is 31.6 Å². The number of nitrogens with zero attached hydrogens (tertiary/aromatic N) is 3. The van der Waals surface area contributed by atoms with Crippen LogP contribution in [0.3, 0.4) is 0 Å². The van der Waals surface area contributed by atoms with Gasteiger partial charge >= 0.3 is 0 Å². The van der Waals surface area contributed by atoms with Crippen LogP contribution in [0.2, 0.25) is 0 Å². The van der Waals surface area contributed by atoms with Crippen molar-refractivity contribution in [3.05, 3.63) is 48.5 Å². The normalized spacial score (nSPS) is 15.0. The highest BCUT2D eigenvalue weighted by Crippen LogP contribution is 2.13. The van der Waals surface area contributed by atoms with E-state index in [4.69, 9.17) is 0 Å². The van der Waals surface area contributed by atoms with Gasteiger partial charge in [0, 0.05) is 25.0 Å². The number of rotatable bonds is 2. The first-order valence-corrected chi connectivity index (χ1v) is 6.23. The Morgan fingerprint density at radius 2 is 1.83 bits per heavy atom. The summed E-state index contributed by atoms with van der Waals surface area (Å²) in [5.41, 5.74) is 1.55. The lowest BCUT2D eigenvalue weighted by atomic mass is 10.3. The highest BCUT2D eigenvalue weighted by molar-refractivity contribution is 5.92. The highest BCUT2D eigenvalue weighted by Gasteiger charge is 2.21. The maximum absolute atomic E-state index is 12.1. The molecule has 0 spiro atoms. The van der Waals surface area contributed by atoms with Crippen molar-refractivity contribution >= 4 is 5.91 Å². The van der Waals surface area contributed by atoms with Crippen molar-refractivity contribution in [2.45, 2.75) is 12.8 Å². The van der Waals surface area contributed by atoms with Crippen LogP contribution in [0.4, 0.5) is 0 Å². The fourth-order valence-corrected chi connectivity index (χ4v) is 2.26. The third-order valence-corrected chi connectivity index (χ3v) is 3.25. The van der Waals surface area contributed by atoms with Crippen LogP contribution in [0.5, 0.6) is 0 Å². The van der Waals surface area contributed by atoms with Gasteiger partial charge in [-0.3, -0.25) is 4.79 Å². The van der Waals surface area contributed by atoms with E-state index in [1.54, 1.807) is 12.5 Å². The molecule has 18 heavy (non-hydrogen) atoms. The third-order valence-electron chi connectivity index (χ3n) is 3.25. The number of hydrogen-bond acceptors (Lipinski definition) is 2. The molecule has 1 aromatic carbocycles.